The van der Waals surface area contributed by atoms with Crippen molar-refractivity contribution in [2.45, 2.75) is 37.8 Å². The predicted molar refractivity (Wildman–Crippen MR) is 129 cm³/mol. The van der Waals surface area contributed by atoms with Crippen LogP contribution in [0.2, 0.25) is 0 Å². The molecule has 1 saturated carbocycles. The zero-order valence-electron chi connectivity index (χ0n) is 19.1. The molecule has 1 fully saturated rings. The molecule has 2 aromatic carbocycles. The predicted octanol–water partition coefficient (Wildman–Crippen LogP) is 2.39. The molecule has 3 aromatic rings. The lowest BCUT2D eigenvalue weighted by atomic mass is 9.94. The summed E-state index contributed by atoms with van der Waals surface area (Å²) in [5.74, 6) is -3.00. The zero-order chi connectivity index (χ0) is 24.8. The van der Waals surface area contributed by atoms with Crippen LogP contribution in [0.15, 0.2) is 60.7 Å². The molecular weight excluding hydrogens is 448 g/mol. The number of aliphatic hydroxyl groups is 1. The summed E-state index contributed by atoms with van der Waals surface area (Å²) in [6, 6.07) is 18.7. The minimum Gasteiger partial charge on any atom is -0.481 e. The quantitative estimate of drug-likeness (QED) is 0.287. The van der Waals surface area contributed by atoms with E-state index < -0.39 is 30.4 Å². The van der Waals surface area contributed by atoms with E-state index >= 15 is 0 Å². The van der Waals surface area contributed by atoms with Gasteiger partial charge in [-0.05, 0) is 42.4 Å². The number of aromatic amines is 1. The third kappa shape index (κ3) is 6.54. The van der Waals surface area contributed by atoms with E-state index in [0.717, 1.165) is 29.5 Å². The van der Waals surface area contributed by atoms with Crippen molar-refractivity contribution in [2.24, 2.45) is 5.92 Å². The number of aliphatic carboxylic acids is 1. The van der Waals surface area contributed by atoms with Crippen molar-refractivity contribution >= 4 is 17.8 Å². The van der Waals surface area contributed by atoms with E-state index in [1.54, 1.807) is 0 Å². The Morgan fingerprint density at radius 1 is 1.00 bits per heavy atom. The van der Waals surface area contributed by atoms with Crippen LogP contribution in [0.5, 0.6) is 0 Å². The molecule has 1 heterocycles. The highest BCUT2D eigenvalue weighted by Gasteiger charge is 2.27. The minimum atomic E-state index is -1.13. The Balaban J connectivity index is 1.46. The maximum Gasteiger partial charge on any atom is 0.308 e. The van der Waals surface area contributed by atoms with Crippen LogP contribution in [0.4, 0.5) is 0 Å². The smallest absolute Gasteiger partial charge is 0.308 e. The van der Waals surface area contributed by atoms with Crippen LogP contribution in [0.1, 0.15) is 45.8 Å². The number of hydrogen-bond donors (Lipinski definition) is 5. The van der Waals surface area contributed by atoms with Crippen molar-refractivity contribution in [2.75, 3.05) is 6.61 Å². The number of hydrogen-bond acceptors (Lipinski definition) is 5. The number of carbonyl (C=O) groups excluding carboxylic acids is 2. The Morgan fingerprint density at radius 3 is 2.31 bits per heavy atom. The molecule has 0 bridgehead atoms. The van der Waals surface area contributed by atoms with Gasteiger partial charge in [0.05, 0.1) is 12.5 Å². The third-order valence-corrected chi connectivity index (χ3v) is 5.98. The molecule has 9 heteroatoms. The summed E-state index contributed by atoms with van der Waals surface area (Å²) >= 11 is 0. The first-order chi connectivity index (χ1) is 16.9. The molecule has 2 amide bonds. The topological polar surface area (TPSA) is 144 Å². The van der Waals surface area contributed by atoms with Gasteiger partial charge in [-0.25, -0.2) is 0 Å². The average Bonchev–Trinajstić information content (AvgIpc) is 3.53. The number of benzene rings is 2. The summed E-state index contributed by atoms with van der Waals surface area (Å²) in [5, 5.41) is 31.1. The van der Waals surface area contributed by atoms with Crippen molar-refractivity contribution in [3.8, 4) is 11.1 Å². The number of nitrogens with zero attached hydrogens (tertiary/aromatic N) is 1. The van der Waals surface area contributed by atoms with E-state index in [-0.39, 0.29) is 29.8 Å². The van der Waals surface area contributed by atoms with Crippen molar-refractivity contribution in [1.82, 2.24) is 20.8 Å². The van der Waals surface area contributed by atoms with E-state index in [0.29, 0.717) is 6.42 Å². The highest BCUT2D eigenvalue weighted by atomic mass is 16.4. The largest absolute Gasteiger partial charge is 0.481 e. The molecule has 1 aromatic heterocycles. The molecule has 0 spiro atoms. The van der Waals surface area contributed by atoms with Gasteiger partial charge >= 0.3 is 5.97 Å². The van der Waals surface area contributed by atoms with Crippen molar-refractivity contribution in [3.05, 3.63) is 77.6 Å². The van der Waals surface area contributed by atoms with Crippen molar-refractivity contribution < 1.29 is 24.6 Å². The molecular formula is C26H28N4O5. The van der Waals surface area contributed by atoms with E-state index in [2.05, 4.69) is 20.8 Å². The number of aromatic nitrogens is 2. The minimum absolute atomic E-state index is 0.0428. The number of carboxylic acids is 1. The van der Waals surface area contributed by atoms with Gasteiger partial charge in [0, 0.05) is 18.2 Å². The number of carboxylic acid groups (broad SMARTS) is 1. The average molecular weight is 477 g/mol. The van der Waals surface area contributed by atoms with Crippen LogP contribution < -0.4 is 10.6 Å². The Hall–Kier alpha value is -3.98. The molecule has 0 aliphatic heterocycles. The number of amides is 2. The lowest BCUT2D eigenvalue weighted by molar-refractivity contribution is -0.143. The molecule has 2 atom stereocenters. The van der Waals surface area contributed by atoms with Gasteiger partial charge in [-0.1, -0.05) is 54.6 Å². The summed E-state index contributed by atoms with van der Waals surface area (Å²) in [6.07, 6.45) is 2.29. The summed E-state index contributed by atoms with van der Waals surface area (Å²) in [4.78, 5) is 36.5. The molecule has 9 nitrogen and oxygen atoms in total. The second-order valence-corrected chi connectivity index (χ2v) is 8.81. The SMILES string of the molecule is O=C(NC1CC1)c1cc(C(=O)N[C@H](Cc2ccc(-c3ccccc3)cc2)C[C@@H](CO)C(=O)O)[nH]n1. The first kappa shape index (κ1) is 24.2. The fraction of sp³-hybridized carbons (Fsp3) is 0.308. The Bertz CT molecular complexity index is 1170. The molecule has 1 aliphatic rings. The number of carbonyl (C=O) groups is 3. The van der Waals surface area contributed by atoms with Gasteiger partial charge in [0.2, 0.25) is 0 Å². The maximum atomic E-state index is 12.9. The van der Waals surface area contributed by atoms with Crippen LogP contribution in [0.25, 0.3) is 11.1 Å². The lowest BCUT2D eigenvalue weighted by Crippen LogP contribution is -2.40. The van der Waals surface area contributed by atoms with E-state index in [4.69, 9.17) is 0 Å². The van der Waals surface area contributed by atoms with Crippen LogP contribution in [-0.2, 0) is 11.2 Å². The third-order valence-electron chi connectivity index (χ3n) is 5.98. The fourth-order valence-corrected chi connectivity index (χ4v) is 3.84. The number of H-pyrrole nitrogens is 1. The van der Waals surface area contributed by atoms with Crippen LogP contribution >= 0.6 is 0 Å². The molecule has 0 radical (unpaired) electrons. The van der Waals surface area contributed by atoms with Gasteiger partial charge in [-0.15, -0.1) is 0 Å². The Labute approximate surface area is 202 Å². The number of nitrogens with one attached hydrogen (secondary N) is 3. The first-order valence-electron chi connectivity index (χ1n) is 11.6. The Morgan fingerprint density at radius 2 is 1.69 bits per heavy atom. The number of aliphatic hydroxyl groups excluding tert-OH is 1. The van der Waals surface area contributed by atoms with Crippen molar-refractivity contribution in [1.29, 1.82) is 0 Å². The molecule has 182 valence electrons. The van der Waals surface area contributed by atoms with Gasteiger partial charge in [0.15, 0.2) is 5.69 Å². The number of rotatable bonds is 11. The summed E-state index contributed by atoms with van der Waals surface area (Å²) < 4.78 is 0. The second kappa shape index (κ2) is 11.0. The van der Waals surface area contributed by atoms with Crippen molar-refractivity contribution in [3.63, 3.8) is 0 Å². The van der Waals surface area contributed by atoms with Gasteiger partial charge in [0.1, 0.15) is 5.69 Å². The molecule has 1 aliphatic carbocycles. The van der Waals surface area contributed by atoms with Gasteiger partial charge < -0.3 is 20.8 Å². The maximum absolute atomic E-state index is 12.9. The second-order valence-electron chi connectivity index (χ2n) is 8.81. The molecule has 0 unspecified atom stereocenters. The normalized spacial score (nSPS) is 14.7. The van der Waals surface area contributed by atoms with Gasteiger partial charge in [-0.3, -0.25) is 19.5 Å². The van der Waals surface area contributed by atoms with Gasteiger partial charge in [0.25, 0.3) is 11.8 Å². The van der Waals surface area contributed by atoms with Crippen LogP contribution in [0.3, 0.4) is 0 Å². The van der Waals surface area contributed by atoms with E-state index in [9.17, 15) is 24.6 Å². The molecule has 4 rings (SSSR count). The highest BCUT2D eigenvalue weighted by Crippen LogP contribution is 2.21. The molecule has 0 saturated heterocycles. The summed E-state index contributed by atoms with van der Waals surface area (Å²) in [6.45, 7) is -0.538. The Kier molecular flexibility index (Phi) is 7.57. The first-order valence-corrected chi connectivity index (χ1v) is 11.6. The van der Waals surface area contributed by atoms with E-state index in [1.165, 1.54) is 6.07 Å². The summed E-state index contributed by atoms with van der Waals surface area (Å²) in [5.41, 5.74) is 3.25. The monoisotopic (exact) mass is 476 g/mol. The van der Waals surface area contributed by atoms with Gasteiger partial charge in [-0.2, -0.15) is 5.10 Å². The highest BCUT2D eigenvalue weighted by molar-refractivity contribution is 5.98. The lowest BCUT2D eigenvalue weighted by Gasteiger charge is -2.21. The standard InChI is InChI=1S/C26H28N4O5/c31-15-19(26(34)35)13-21(12-16-6-8-18(9-7-16)17-4-2-1-3-5-17)28-25(33)23-14-22(29-30-23)24(32)27-20-10-11-20/h1-9,14,19-21,31H,10-13,15H2,(H,27,32)(H,28,33)(H,29,30)(H,34,35)/t19-,21+/m0/s1. The molecule has 5 N–H and O–H groups in total. The van der Waals surface area contributed by atoms with E-state index in [1.807, 2.05) is 54.6 Å². The fourth-order valence-electron chi connectivity index (χ4n) is 3.84. The molecule has 35 heavy (non-hydrogen) atoms. The van der Waals surface area contributed by atoms with Crippen LogP contribution in [-0.4, -0.2) is 56.9 Å². The zero-order valence-corrected chi connectivity index (χ0v) is 19.1. The van der Waals surface area contributed by atoms with Crippen LogP contribution in [0, 0.1) is 5.92 Å². The summed E-state index contributed by atoms with van der Waals surface area (Å²) in [7, 11) is 0.